The number of nitrogens with one attached hydrogen (secondary N) is 1. The average Bonchev–Trinajstić information content (AvgIpc) is 2.88. The number of morpholine rings is 1. The summed E-state index contributed by atoms with van der Waals surface area (Å²) in [6.07, 6.45) is 4.20. The number of carbonyl (C=O) groups is 1. The zero-order chi connectivity index (χ0) is 22.9. The summed E-state index contributed by atoms with van der Waals surface area (Å²) in [4.78, 5) is 22.3. The number of carbonyl (C=O) groups excluding carboxylic acids is 1. The molecule has 4 rings (SSSR count). The molecule has 3 aliphatic heterocycles. The van der Waals surface area contributed by atoms with Gasteiger partial charge >= 0.3 is 0 Å². The molecular formula is C24H41N7O2. The maximum atomic E-state index is 12.8. The van der Waals surface area contributed by atoms with Crippen molar-refractivity contribution in [1.29, 1.82) is 0 Å². The molecule has 3 aliphatic rings. The molecule has 1 aromatic rings. The number of aromatic nitrogens is 2. The molecule has 0 aromatic carbocycles. The predicted octanol–water partition coefficient (Wildman–Crippen LogP) is 1.06. The van der Waals surface area contributed by atoms with Crippen molar-refractivity contribution in [1.82, 2.24) is 25.3 Å². The summed E-state index contributed by atoms with van der Waals surface area (Å²) in [5, 5.41) is 12.1. The summed E-state index contributed by atoms with van der Waals surface area (Å²) in [7, 11) is 0. The number of amides is 1. The SMILES string of the molecule is CCCN1CCN(CCCNC(=O)C2CCCN(c3ccc(N4CCOCC4)nn3)C2)CC1. The zero-order valence-corrected chi connectivity index (χ0v) is 20.3. The third-order valence-electron chi connectivity index (χ3n) is 7.04. The Hall–Kier alpha value is -1.97. The van der Waals surface area contributed by atoms with E-state index in [4.69, 9.17) is 4.74 Å². The minimum atomic E-state index is 0.0251. The Morgan fingerprint density at radius 2 is 1.64 bits per heavy atom. The lowest BCUT2D eigenvalue weighted by molar-refractivity contribution is -0.125. The molecule has 1 amide bonds. The van der Waals surface area contributed by atoms with Crippen LogP contribution in [0.1, 0.15) is 32.6 Å². The van der Waals surface area contributed by atoms with E-state index in [9.17, 15) is 4.79 Å². The second-order valence-corrected chi connectivity index (χ2v) is 9.46. The summed E-state index contributed by atoms with van der Waals surface area (Å²) in [6, 6.07) is 4.08. The van der Waals surface area contributed by atoms with Gasteiger partial charge in [0.15, 0.2) is 11.6 Å². The first-order valence-corrected chi connectivity index (χ1v) is 12.9. The highest BCUT2D eigenvalue weighted by Gasteiger charge is 2.27. The van der Waals surface area contributed by atoms with Crippen LogP contribution in [0.25, 0.3) is 0 Å². The van der Waals surface area contributed by atoms with E-state index in [0.717, 1.165) is 96.5 Å². The quantitative estimate of drug-likeness (QED) is 0.550. The Morgan fingerprint density at radius 1 is 0.970 bits per heavy atom. The fraction of sp³-hybridized carbons (Fsp3) is 0.792. The van der Waals surface area contributed by atoms with E-state index in [-0.39, 0.29) is 11.8 Å². The lowest BCUT2D eigenvalue weighted by atomic mass is 9.97. The molecule has 0 aliphatic carbocycles. The van der Waals surface area contributed by atoms with E-state index in [1.54, 1.807) is 0 Å². The van der Waals surface area contributed by atoms with Gasteiger partial charge in [0.1, 0.15) is 0 Å². The number of nitrogens with zero attached hydrogens (tertiary/aromatic N) is 6. The van der Waals surface area contributed by atoms with Crippen LogP contribution in [0.3, 0.4) is 0 Å². The van der Waals surface area contributed by atoms with Crippen molar-refractivity contribution in [2.24, 2.45) is 5.92 Å². The molecule has 9 heteroatoms. The molecule has 0 saturated carbocycles. The fourth-order valence-corrected chi connectivity index (χ4v) is 5.06. The zero-order valence-electron chi connectivity index (χ0n) is 20.3. The normalized spacial score (nSPS) is 23.0. The average molecular weight is 460 g/mol. The van der Waals surface area contributed by atoms with Gasteiger partial charge in [-0.05, 0) is 50.9 Å². The van der Waals surface area contributed by atoms with Crippen LogP contribution in [0.4, 0.5) is 11.6 Å². The van der Waals surface area contributed by atoms with Crippen molar-refractivity contribution < 1.29 is 9.53 Å². The first kappa shape index (κ1) is 24.2. The highest BCUT2D eigenvalue weighted by molar-refractivity contribution is 5.79. The minimum Gasteiger partial charge on any atom is -0.378 e. The lowest BCUT2D eigenvalue weighted by Crippen LogP contribution is -2.47. The Morgan fingerprint density at radius 3 is 2.30 bits per heavy atom. The van der Waals surface area contributed by atoms with Crippen molar-refractivity contribution in [2.45, 2.75) is 32.6 Å². The maximum absolute atomic E-state index is 12.8. The van der Waals surface area contributed by atoms with Gasteiger partial charge in [0, 0.05) is 58.9 Å². The van der Waals surface area contributed by atoms with Crippen molar-refractivity contribution >= 4 is 17.5 Å². The van der Waals surface area contributed by atoms with Crippen LogP contribution < -0.4 is 15.1 Å². The van der Waals surface area contributed by atoms with Gasteiger partial charge in [-0.2, -0.15) is 0 Å². The topological polar surface area (TPSA) is 77.1 Å². The first-order chi connectivity index (χ1) is 16.2. The largest absolute Gasteiger partial charge is 0.378 e. The summed E-state index contributed by atoms with van der Waals surface area (Å²) < 4.78 is 5.41. The number of ether oxygens (including phenoxy) is 1. The molecule has 4 heterocycles. The third kappa shape index (κ3) is 7.01. The van der Waals surface area contributed by atoms with Gasteiger partial charge in [-0.25, -0.2) is 0 Å². The van der Waals surface area contributed by atoms with Gasteiger partial charge in [-0.3, -0.25) is 4.79 Å². The number of rotatable bonds is 9. The molecule has 1 aromatic heterocycles. The Bertz CT molecular complexity index is 718. The summed E-state index contributed by atoms with van der Waals surface area (Å²) in [5.41, 5.74) is 0. The van der Waals surface area contributed by atoms with E-state index < -0.39 is 0 Å². The third-order valence-corrected chi connectivity index (χ3v) is 7.04. The monoisotopic (exact) mass is 459 g/mol. The second-order valence-electron chi connectivity index (χ2n) is 9.46. The summed E-state index contributed by atoms with van der Waals surface area (Å²) >= 11 is 0. The Labute approximate surface area is 198 Å². The van der Waals surface area contributed by atoms with Crippen LogP contribution in [0.2, 0.25) is 0 Å². The molecular weight excluding hydrogens is 418 g/mol. The van der Waals surface area contributed by atoms with Crippen LogP contribution >= 0.6 is 0 Å². The summed E-state index contributed by atoms with van der Waals surface area (Å²) in [6.45, 7) is 14.8. The fourth-order valence-electron chi connectivity index (χ4n) is 5.06. The number of hydrogen-bond acceptors (Lipinski definition) is 8. The van der Waals surface area contributed by atoms with Gasteiger partial charge < -0.3 is 29.7 Å². The molecule has 1 unspecified atom stereocenters. The van der Waals surface area contributed by atoms with Crippen LogP contribution in [0.15, 0.2) is 12.1 Å². The van der Waals surface area contributed by atoms with E-state index >= 15 is 0 Å². The number of hydrogen-bond donors (Lipinski definition) is 1. The van der Waals surface area contributed by atoms with Gasteiger partial charge in [0.05, 0.1) is 19.1 Å². The Balaban J connectivity index is 1.16. The predicted molar refractivity (Wildman–Crippen MR) is 131 cm³/mol. The molecule has 3 fully saturated rings. The van der Waals surface area contributed by atoms with Crippen molar-refractivity contribution in [3.05, 3.63) is 12.1 Å². The summed E-state index contributed by atoms with van der Waals surface area (Å²) in [5.74, 6) is 1.98. The molecule has 1 N–H and O–H groups in total. The van der Waals surface area contributed by atoms with Crippen LogP contribution in [-0.4, -0.2) is 111 Å². The number of piperidine rings is 1. The van der Waals surface area contributed by atoms with E-state index in [1.807, 2.05) is 12.1 Å². The van der Waals surface area contributed by atoms with Crippen molar-refractivity contribution in [2.75, 3.05) is 95.0 Å². The van der Waals surface area contributed by atoms with Crippen molar-refractivity contribution in [3.8, 4) is 0 Å². The first-order valence-electron chi connectivity index (χ1n) is 12.9. The van der Waals surface area contributed by atoms with Gasteiger partial charge in [0.25, 0.3) is 0 Å². The van der Waals surface area contributed by atoms with Crippen LogP contribution in [0.5, 0.6) is 0 Å². The number of piperazine rings is 1. The van der Waals surface area contributed by atoms with E-state index in [1.165, 1.54) is 26.1 Å². The molecule has 0 bridgehead atoms. The van der Waals surface area contributed by atoms with E-state index in [2.05, 4.69) is 42.0 Å². The molecule has 0 radical (unpaired) electrons. The van der Waals surface area contributed by atoms with Gasteiger partial charge in [0.2, 0.25) is 5.91 Å². The highest BCUT2D eigenvalue weighted by Crippen LogP contribution is 2.23. The second kappa shape index (κ2) is 12.5. The minimum absolute atomic E-state index is 0.0251. The van der Waals surface area contributed by atoms with Crippen LogP contribution in [-0.2, 0) is 9.53 Å². The maximum Gasteiger partial charge on any atom is 0.224 e. The molecule has 0 spiro atoms. The van der Waals surface area contributed by atoms with Crippen LogP contribution in [0, 0.1) is 5.92 Å². The molecule has 184 valence electrons. The molecule has 9 nitrogen and oxygen atoms in total. The Kier molecular flexibility index (Phi) is 9.14. The highest BCUT2D eigenvalue weighted by atomic mass is 16.5. The standard InChI is InChI=1S/C24H41N7O2/c1-2-9-28-12-14-29(15-13-28)10-4-8-25-24(32)21-5-3-11-31(20-21)23-7-6-22(26-27-23)30-16-18-33-19-17-30/h6-7,21H,2-5,8-20H2,1H3,(H,25,32). The van der Waals surface area contributed by atoms with Gasteiger partial charge in [-0.1, -0.05) is 6.92 Å². The molecule has 1 atom stereocenters. The van der Waals surface area contributed by atoms with E-state index in [0.29, 0.717) is 0 Å². The smallest absolute Gasteiger partial charge is 0.224 e. The van der Waals surface area contributed by atoms with Crippen molar-refractivity contribution in [3.63, 3.8) is 0 Å². The lowest BCUT2D eigenvalue weighted by Gasteiger charge is -2.34. The molecule has 33 heavy (non-hydrogen) atoms. The number of anilines is 2. The molecule has 3 saturated heterocycles. The van der Waals surface area contributed by atoms with Gasteiger partial charge in [-0.15, -0.1) is 10.2 Å².